The predicted molar refractivity (Wildman–Crippen MR) is 286 cm³/mol. The zero-order valence-electron chi connectivity index (χ0n) is 38.5. The number of nitrogens with one attached hydrogen (secondary N) is 1. The molecule has 1 N–H and O–H groups in total. The second kappa shape index (κ2) is 21.3. The highest BCUT2D eigenvalue weighted by Gasteiger charge is 2.18. The molecule has 0 amide bonds. The summed E-state index contributed by atoms with van der Waals surface area (Å²) < 4.78 is 1.92. The third kappa shape index (κ3) is 10.6. The van der Waals surface area contributed by atoms with Crippen molar-refractivity contribution < 1.29 is 9.85 Å². The van der Waals surface area contributed by atoms with Crippen LogP contribution in [-0.4, -0.2) is 49.3 Å². The predicted octanol–water partition coefficient (Wildman–Crippen LogP) is 14.3. The van der Waals surface area contributed by atoms with Crippen molar-refractivity contribution in [2.24, 2.45) is 0 Å². The second-order valence-corrected chi connectivity index (χ2v) is 16.6. The Balaban J connectivity index is 0.000000139. The average molecular weight is 975 g/mol. The number of hydrogen-bond acceptors (Lipinski definition) is 10. The van der Waals surface area contributed by atoms with Gasteiger partial charge in [-0.2, -0.15) is 19.9 Å². The van der Waals surface area contributed by atoms with Gasteiger partial charge in [0, 0.05) is 57.7 Å². The van der Waals surface area contributed by atoms with Gasteiger partial charge in [0.2, 0.25) is 11.2 Å². The largest absolute Gasteiger partial charge is 0.361 e. The van der Waals surface area contributed by atoms with Gasteiger partial charge in [0.1, 0.15) is 0 Å². The lowest BCUT2D eigenvalue weighted by Gasteiger charge is -2.10. The molecule has 0 saturated carbocycles. The maximum Gasteiger partial charge on any atom is 0.277 e. The van der Waals surface area contributed by atoms with Crippen LogP contribution in [0.2, 0.25) is 5.28 Å². The molecule has 0 aliphatic heterocycles. The van der Waals surface area contributed by atoms with Crippen molar-refractivity contribution in [2.75, 3.05) is 0 Å². The van der Waals surface area contributed by atoms with E-state index in [1.165, 1.54) is 12.1 Å². The first-order chi connectivity index (χ1) is 35.8. The first-order valence-corrected chi connectivity index (χ1v) is 23.2. The molecule has 12 rings (SSSR count). The van der Waals surface area contributed by atoms with Gasteiger partial charge < -0.3 is 4.98 Å². The number of hydrogen-bond donors (Lipinski definition) is 1. The third-order valence-corrected chi connectivity index (χ3v) is 11.8. The Kier molecular flexibility index (Phi) is 13.6. The van der Waals surface area contributed by atoms with Crippen LogP contribution >= 0.6 is 11.6 Å². The van der Waals surface area contributed by atoms with Gasteiger partial charge >= 0.3 is 0 Å². The highest BCUT2D eigenvalue weighted by Crippen LogP contribution is 2.34. The number of aromatic amines is 1. The summed E-state index contributed by atoms with van der Waals surface area (Å²) in [6.45, 7) is 0. The summed E-state index contributed by atoms with van der Waals surface area (Å²) in [6.07, 6.45) is 3.76. The molecular weight excluding hydrogens is 936 g/mol. The van der Waals surface area contributed by atoms with Crippen LogP contribution in [-0.2, 0) is 0 Å². The molecule has 73 heavy (non-hydrogen) atoms. The smallest absolute Gasteiger partial charge is 0.277 e. The van der Waals surface area contributed by atoms with Gasteiger partial charge in [-0.25, -0.2) is 9.97 Å². The molecule has 0 atom stereocenters. The number of nitro benzene ring substituents is 2. The molecule has 0 saturated heterocycles. The lowest BCUT2D eigenvalue weighted by atomic mass is 10.0. The van der Waals surface area contributed by atoms with Crippen LogP contribution in [0.3, 0.4) is 0 Å². The Labute approximate surface area is 422 Å². The standard InChI is InChI=1S/C29H19N5O2.C15H10ClN3.C14H10N2O2/c35-34(36)26-14-8-7-13-24(26)22-15-16-25-23(19-22)17-18-33(25)29-31-27(20-9-3-1-4-10-20)30-28(32-29)21-11-5-2-6-12-21;16-15-18-13(11-7-3-1-4-8-11)17-14(19-15)12-9-5-2-6-10-12;17-16(18)14-4-2-1-3-12(14)10-5-6-13-11(9-10)7-8-15-13/h1-19H;1-10H;1-9,15H. The van der Waals surface area contributed by atoms with E-state index in [2.05, 4.69) is 19.9 Å². The van der Waals surface area contributed by atoms with Crippen molar-refractivity contribution in [1.82, 2.24) is 39.5 Å². The summed E-state index contributed by atoms with van der Waals surface area (Å²) in [5, 5.41) is 24.7. The Morgan fingerprint density at radius 2 is 0.822 bits per heavy atom. The minimum absolute atomic E-state index is 0.0776. The van der Waals surface area contributed by atoms with E-state index in [0.29, 0.717) is 40.4 Å². The van der Waals surface area contributed by atoms with Crippen molar-refractivity contribution in [3.63, 3.8) is 0 Å². The quantitative estimate of drug-likeness (QED) is 0.108. The lowest BCUT2D eigenvalue weighted by molar-refractivity contribution is -0.384. The molecule has 12 aromatic rings. The Morgan fingerprint density at radius 1 is 0.411 bits per heavy atom. The summed E-state index contributed by atoms with van der Waals surface area (Å²) in [7, 11) is 0. The van der Waals surface area contributed by atoms with Gasteiger partial charge in [0.25, 0.3) is 11.4 Å². The fraction of sp³-hybridized carbons (Fsp3) is 0. The van der Waals surface area contributed by atoms with E-state index in [1.54, 1.807) is 30.3 Å². The maximum atomic E-state index is 11.5. The monoisotopic (exact) mass is 974 g/mol. The van der Waals surface area contributed by atoms with Crippen LogP contribution < -0.4 is 0 Å². The summed E-state index contributed by atoms with van der Waals surface area (Å²) in [5.41, 5.74) is 8.61. The summed E-state index contributed by atoms with van der Waals surface area (Å²) in [6, 6.07) is 68.1. The molecule has 0 bridgehead atoms. The van der Waals surface area contributed by atoms with E-state index in [-0.39, 0.29) is 26.5 Å². The lowest BCUT2D eigenvalue weighted by Crippen LogP contribution is -2.05. The maximum absolute atomic E-state index is 11.5. The topological polar surface area (TPSA) is 184 Å². The van der Waals surface area contributed by atoms with Crippen LogP contribution in [0.25, 0.3) is 95.6 Å². The van der Waals surface area contributed by atoms with Gasteiger partial charge in [-0.1, -0.05) is 158 Å². The number of halogens is 1. The van der Waals surface area contributed by atoms with E-state index < -0.39 is 0 Å². The van der Waals surface area contributed by atoms with Gasteiger partial charge in [0.05, 0.1) is 26.5 Å². The molecule has 352 valence electrons. The Hall–Kier alpha value is -10.1. The number of rotatable bonds is 9. The van der Waals surface area contributed by atoms with Crippen LogP contribution in [0.15, 0.2) is 231 Å². The molecule has 0 unspecified atom stereocenters. The van der Waals surface area contributed by atoms with E-state index in [0.717, 1.165) is 55.2 Å². The molecule has 8 aromatic carbocycles. The van der Waals surface area contributed by atoms with Crippen LogP contribution in [0.5, 0.6) is 0 Å². The van der Waals surface area contributed by atoms with Crippen LogP contribution in [0.4, 0.5) is 11.4 Å². The number of fused-ring (bicyclic) bond motifs is 2. The van der Waals surface area contributed by atoms with Crippen molar-refractivity contribution in [3.05, 3.63) is 256 Å². The second-order valence-electron chi connectivity index (χ2n) is 16.3. The molecule has 0 aliphatic carbocycles. The summed E-state index contributed by atoms with van der Waals surface area (Å²) in [5.74, 6) is 2.82. The normalized spacial score (nSPS) is 10.8. The van der Waals surface area contributed by atoms with Crippen LogP contribution in [0.1, 0.15) is 0 Å². The molecule has 4 aromatic heterocycles. The van der Waals surface area contributed by atoms with Crippen molar-refractivity contribution >= 4 is 44.8 Å². The van der Waals surface area contributed by atoms with Crippen LogP contribution in [0, 0.1) is 20.2 Å². The number of benzene rings is 8. The van der Waals surface area contributed by atoms with E-state index in [4.69, 9.17) is 26.6 Å². The summed E-state index contributed by atoms with van der Waals surface area (Å²) in [4.78, 5) is 52.1. The van der Waals surface area contributed by atoms with E-state index in [1.807, 2.05) is 193 Å². The molecule has 0 spiro atoms. The fourth-order valence-electron chi connectivity index (χ4n) is 8.15. The van der Waals surface area contributed by atoms with E-state index >= 15 is 0 Å². The molecule has 15 heteroatoms. The molecular formula is C58H39ClN10O4. The zero-order valence-corrected chi connectivity index (χ0v) is 39.2. The number of para-hydroxylation sites is 2. The number of nitrogens with zero attached hydrogens (tertiary/aromatic N) is 9. The number of H-pyrrole nitrogens is 1. The SMILES string of the molecule is Clc1nc(-c2ccccc2)nc(-c2ccccc2)n1.O=[N+]([O-])c1ccccc1-c1ccc2[nH]ccc2c1.O=[N+]([O-])c1ccccc1-c1ccc2c(ccn2-c2nc(-c3ccccc3)nc(-c3ccccc3)n2)c1. The number of aromatic nitrogens is 8. The highest BCUT2D eigenvalue weighted by molar-refractivity contribution is 6.28. The minimum atomic E-state index is -0.355. The molecule has 0 radical (unpaired) electrons. The Bertz CT molecular complexity index is 3780. The van der Waals surface area contributed by atoms with Crippen molar-refractivity contribution in [3.8, 4) is 73.8 Å². The highest BCUT2D eigenvalue weighted by atomic mass is 35.5. The van der Waals surface area contributed by atoms with Crippen molar-refractivity contribution in [2.45, 2.75) is 0 Å². The zero-order chi connectivity index (χ0) is 50.1. The minimum Gasteiger partial charge on any atom is -0.361 e. The summed E-state index contributed by atoms with van der Waals surface area (Å²) >= 11 is 5.99. The molecule has 0 fully saturated rings. The van der Waals surface area contributed by atoms with Crippen molar-refractivity contribution in [1.29, 1.82) is 0 Å². The average Bonchev–Trinajstić information content (AvgIpc) is 4.11. The molecule has 14 nitrogen and oxygen atoms in total. The fourth-order valence-corrected chi connectivity index (χ4v) is 8.31. The van der Waals surface area contributed by atoms with Gasteiger partial charge in [-0.15, -0.1) is 0 Å². The van der Waals surface area contributed by atoms with Gasteiger partial charge in [0.15, 0.2) is 23.3 Å². The number of nitro groups is 2. The van der Waals surface area contributed by atoms with Gasteiger partial charge in [-0.3, -0.25) is 24.8 Å². The van der Waals surface area contributed by atoms with E-state index in [9.17, 15) is 20.2 Å². The first-order valence-electron chi connectivity index (χ1n) is 22.8. The van der Waals surface area contributed by atoms with Gasteiger partial charge in [-0.05, 0) is 76.6 Å². The Morgan fingerprint density at radius 3 is 1.29 bits per heavy atom. The first kappa shape index (κ1) is 46.7. The molecule has 0 aliphatic rings. The third-order valence-electron chi connectivity index (χ3n) is 11.6. The molecule has 4 heterocycles.